The van der Waals surface area contributed by atoms with Gasteiger partial charge in [-0.1, -0.05) is 12.1 Å². The number of amides is 1. The minimum Gasteiger partial charge on any atom is -0.494 e. The average molecular weight is 386 g/mol. The third-order valence-corrected chi connectivity index (χ3v) is 5.14. The molecular weight excluding hydrogens is 356 g/mol. The Bertz CT molecular complexity index is 840. The third kappa shape index (κ3) is 4.20. The smallest absolute Gasteiger partial charge is 0.257 e. The predicted molar refractivity (Wildman–Crippen MR) is 108 cm³/mol. The molecule has 1 aromatic carbocycles. The maximum atomic E-state index is 13.2. The van der Waals surface area contributed by atoms with Crippen molar-refractivity contribution >= 4 is 5.91 Å². The normalized spacial score (nSPS) is 18.4. The van der Waals surface area contributed by atoms with Crippen LogP contribution in [0.5, 0.6) is 5.75 Å². The molecule has 0 aliphatic carbocycles. The van der Waals surface area contributed by atoms with Crippen LogP contribution in [0, 0.1) is 6.92 Å². The van der Waals surface area contributed by atoms with Gasteiger partial charge in [0.2, 0.25) is 0 Å². The van der Waals surface area contributed by atoms with Crippen molar-refractivity contribution in [2.75, 3.05) is 33.3 Å². The highest BCUT2D eigenvalue weighted by atomic mass is 16.5. The molecule has 1 aromatic heterocycles. The van der Waals surface area contributed by atoms with Gasteiger partial charge >= 0.3 is 0 Å². The van der Waals surface area contributed by atoms with E-state index >= 15 is 0 Å². The molecule has 1 aliphatic heterocycles. The van der Waals surface area contributed by atoms with E-state index in [-0.39, 0.29) is 11.9 Å². The van der Waals surface area contributed by atoms with Gasteiger partial charge in [-0.3, -0.25) is 9.69 Å². The number of hydrogen-bond acceptors (Lipinski definition) is 5. The van der Waals surface area contributed by atoms with Gasteiger partial charge in [0, 0.05) is 32.2 Å². The van der Waals surface area contributed by atoms with Crippen molar-refractivity contribution in [3.8, 4) is 11.4 Å². The quantitative estimate of drug-likeness (QED) is 0.852. The van der Waals surface area contributed by atoms with Crippen LogP contribution in [-0.2, 0) is 0 Å². The fourth-order valence-corrected chi connectivity index (χ4v) is 3.85. The van der Waals surface area contributed by atoms with E-state index in [1.807, 2.05) is 49.9 Å². The molecule has 1 atom stereocenters. The molecule has 1 saturated heterocycles. The van der Waals surface area contributed by atoms with E-state index in [4.69, 9.17) is 4.74 Å². The molecule has 3 rings (SSSR count). The minimum atomic E-state index is -0.738. The summed E-state index contributed by atoms with van der Waals surface area (Å²) in [6, 6.07) is 7.69. The summed E-state index contributed by atoms with van der Waals surface area (Å²) in [4.78, 5) is 17.3. The largest absolute Gasteiger partial charge is 0.494 e. The van der Waals surface area contributed by atoms with E-state index in [9.17, 15) is 9.90 Å². The number of aliphatic hydroxyl groups is 1. The first-order chi connectivity index (χ1) is 13.2. The average Bonchev–Trinajstić information content (AvgIpc) is 3.01. The van der Waals surface area contributed by atoms with Gasteiger partial charge in [-0.05, 0) is 39.8 Å². The zero-order valence-electron chi connectivity index (χ0n) is 17.3. The molecule has 7 heteroatoms. The van der Waals surface area contributed by atoms with E-state index in [2.05, 4.69) is 16.9 Å². The number of methoxy groups -OCH3 is 1. The summed E-state index contributed by atoms with van der Waals surface area (Å²) < 4.78 is 7.18. The lowest BCUT2D eigenvalue weighted by molar-refractivity contribution is 0.00576. The maximum Gasteiger partial charge on any atom is 0.257 e. The van der Waals surface area contributed by atoms with Gasteiger partial charge in [-0.15, -0.1) is 0 Å². The Balaban J connectivity index is 1.78. The molecule has 0 bridgehead atoms. The minimum absolute atomic E-state index is 0.00550. The van der Waals surface area contributed by atoms with Gasteiger partial charge in [0.1, 0.15) is 11.4 Å². The number of ether oxygens (including phenoxy) is 1. The topological polar surface area (TPSA) is 70.8 Å². The highest BCUT2D eigenvalue weighted by Gasteiger charge is 2.31. The van der Waals surface area contributed by atoms with Crippen molar-refractivity contribution in [3.05, 3.63) is 41.7 Å². The van der Waals surface area contributed by atoms with Gasteiger partial charge in [0.25, 0.3) is 5.91 Å². The summed E-state index contributed by atoms with van der Waals surface area (Å²) in [5.74, 6) is 0.704. The number of aromatic nitrogens is 2. The Morgan fingerprint density at radius 2 is 2.04 bits per heavy atom. The molecule has 2 heterocycles. The number of β-amino-alcohol motifs (C(OH)–C–C–N with tert-alkyl or cyclic N) is 1. The molecule has 1 fully saturated rings. The van der Waals surface area contributed by atoms with Crippen molar-refractivity contribution in [2.45, 2.75) is 39.3 Å². The third-order valence-electron chi connectivity index (χ3n) is 5.14. The monoisotopic (exact) mass is 386 g/mol. The van der Waals surface area contributed by atoms with E-state index in [1.54, 1.807) is 18.0 Å². The number of carbonyl (C=O) groups excluding carboxylic acids is 1. The van der Waals surface area contributed by atoms with Crippen molar-refractivity contribution in [3.63, 3.8) is 0 Å². The van der Waals surface area contributed by atoms with Crippen molar-refractivity contribution in [2.24, 2.45) is 0 Å². The van der Waals surface area contributed by atoms with Crippen LogP contribution in [0.3, 0.4) is 0 Å². The molecule has 1 amide bonds. The summed E-state index contributed by atoms with van der Waals surface area (Å²) in [5.41, 5.74) is 1.47. The highest BCUT2D eigenvalue weighted by Crippen LogP contribution is 2.25. The van der Waals surface area contributed by atoms with E-state index in [0.29, 0.717) is 24.4 Å². The molecule has 0 spiro atoms. The van der Waals surface area contributed by atoms with Crippen LogP contribution in [-0.4, -0.2) is 75.5 Å². The van der Waals surface area contributed by atoms with E-state index < -0.39 is 5.60 Å². The molecule has 1 N–H and O–H groups in total. The molecule has 0 saturated carbocycles. The van der Waals surface area contributed by atoms with Crippen LogP contribution < -0.4 is 4.74 Å². The number of rotatable bonds is 5. The number of para-hydroxylation sites is 2. The van der Waals surface area contributed by atoms with E-state index in [1.165, 1.54) is 0 Å². The van der Waals surface area contributed by atoms with Crippen LogP contribution >= 0.6 is 0 Å². The van der Waals surface area contributed by atoms with Crippen molar-refractivity contribution in [1.29, 1.82) is 0 Å². The Morgan fingerprint density at radius 3 is 2.68 bits per heavy atom. The zero-order valence-corrected chi connectivity index (χ0v) is 17.3. The second-order valence-corrected chi connectivity index (χ2v) is 8.12. The lowest BCUT2D eigenvalue weighted by atomic mass is 10.1. The number of hydrogen-bond donors (Lipinski definition) is 1. The molecule has 1 aliphatic rings. The number of nitrogens with zero attached hydrogens (tertiary/aromatic N) is 4. The summed E-state index contributed by atoms with van der Waals surface area (Å²) in [6.07, 6.45) is 1.64. The van der Waals surface area contributed by atoms with Gasteiger partial charge in [0.05, 0.1) is 30.2 Å². The Kier molecular flexibility index (Phi) is 5.76. The Labute approximate surface area is 166 Å². The predicted octanol–water partition coefficient (Wildman–Crippen LogP) is 2.11. The highest BCUT2D eigenvalue weighted by molar-refractivity contribution is 5.95. The van der Waals surface area contributed by atoms with Crippen molar-refractivity contribution < 1.29 is 14.6 Å². The van der Waals surface area contributed by atoms with Gasteiger partial charge < -0.3 is 14.7 Å². The first kappa shape index (κ1) is 20.4. The first-order valence-electron chi connectivity index (χ1n) is 9.65. The fourth-order valence-electron chi connectivity index (χ4n) is 3.85. The lowest BCUT2D eigenvalue weighted by Gasteiger charge is -2.41. The van der Waals surface area contributed by atoms with Crippen LogP contribution in [0.4, 0.5) is 0 Å². The molecule has 152 valence electrons. The summed E-state index contributed by atoms with van der Waals surface area (Å²) in [5, 5.41) is 14.5. The number of piperazine rings is 1. The first-order valence-corrected chi connectivity index (χ1v) is 9.65. The lowest BCUT2D eigenvalue weighted by Crippen LogP contribution is -2.56. The second-order valence-electron chi connectivity index (χ2n) is 8.12. The van der Waals surface area contributed by atoms with Crippen LogP contribution in [0.1, 0.15) is 36.8 Å². The van der Waals surface area contributed by atoms with Crippen LogP contribution in [0.2, 0.25) is 0 Å². The second kappa shape index (κ2) is 7.93. The van der Waals surface area contributed by atoms with Gasteiger partial charge in [-0.2, -0.15) is 5.10 Å². The standard InChI is InChI=1S/C21H30N4O3/c1-15-13-23(14-21(3,4)27)10-11-24(15)20(26)17-12-22-25(16(17)2)18-8-6-7-9-19(18)28-5/h6-9,12,15,27H,10-11,13-14H2,1-5H3. The SMILES string of the molecule is COc1ccccc1-n1ncc(C(=O)N2CCN(CC(C)(C)O)CC2C)c1C. The van der Waals surface area contributed by atoms with E-state index in [0.717, 1.165) is 24.5 Å². The number of benzene rings is 1. The molecular formula is C21H30N4O3. The fraction of sp³-hybridized carbons (Fsp3) is 0.524. The van der Waals surface area contributed by atoms with Crippen molar-refractivity contribution in [1.82, 2.24) is 19.6 Å². The molecule has 1 unspecified atom stereocenters. The van der Waals surface area contributed by atoms with Gasteiger partial charge in [0.15, 0.2) is 0 Å². The summed E-state index contributed by atoms with van der Waals surface area (Å²) in [7, 11) is 1.62. The Hall–Kier alpha value is -2.38. The van der Waals surface area contributed by atoms with Crippen LogP contribution in [0.25, 0.3) is 5.69 Å². The van der Waals surface area contributed by atoms with Gasteiger partial charge in [-0.25, -0.2) is 4.68 Å². The molecule has 28 heavy (non-hydrogen) atoms. The Morgan fingerprint density at radius 1 is 1.32 bits per heavy atom. The maximum absolute atomic E-state index is 13.2. The summed E-state index contributed by atoms with van der Waals surface area (Å²) >= 11 is 0. The molecule has 2 aromatic rings. The summed E-state index contributed by atoms with van der Waals surface area (Å²) in [6.45, 7) is 10.3. The zero-order chi connectivity index (χ0) is 20.5. The van der Waals surface area contributed by atoms with Crippen LogP contribution in [0.15, 0.2) is 30.5 Å². The molecule has 7 nitrogen and oxygen atoms in total. The molecule has 0 radical (unpaired) electrons. The number of carbonyl (C=O) groups is 1.